The van der Waals surface area contributed by atoms with Crippen molar-refractivity contribution >= 4 is 29.2 Å². The molecule has 8 nitrogen and oxygen atoms in total. The van der Waals surface area contributed by atoms with Crippen LogP contribution in [0.4, 0.5) is 15.9 Å². The normalized spacial score (nSPS) is 13.0. The minimum atomic E-state index is -1.29. The fraction of sp³-hybridized carbons (Fsp3) is 0.378. The van der Waals surface area contributed by atoms with Gasteiger partial charge in [-0.05, 0) is 80.9 Å². The molecule has 0 atom stereocenters. The molecule has 0 amide bonds. The summed E-state index contributed by atoms with van der Waals surface area (Å²) >= 11 is 1.81. The van der Waals surface area contributed by atoms with Crippen LogP contribution in [0.15, 0.2) is 88.8 Å². The Morgan fingerprint density at radius 2 is 1.68 bits per heavy atom. The minimum Gasteiger partial charge on any atom is -0.477 e. The van der Waals surface area contributed by atoms with Gasteiger partial charge in [-0.1, -0.05) is 51.9 Å². The molecule has 0 radical (unpaired) electrons. The Morgan fingerprint density at radius 3 is 2.36 bits per heavy atom. The highest BCUT2D eigenvalue weighted by Crippen LogP contribution is 2.43. The van der Waals surface area contributed by atoms with Gasteiger partial charge in [-0.2, -0.15) is 0 Å². The van der Waals surface area contributed by atoms with Crippen molar-refractivity contribution in [2.45, 2.75) is 82.6 Å². The van der Waals surface area contributed by atoms with Gasteiger partial charge in [-0.3, -0.25) is 9.36 Å². The number of halogens is 1. The fourth-order valence-corrected chi connectivity index (χ4v) is 6.14. The van der Waals surface area contributed by atoms with Crippen molar-refractivity contribution in [2.75, 3.05) is 22.9 Å². The molecule has 0 unspecified atom stereocenters. The number of pyridine rings is 2. The summed E-state index contributed by atoms with van der Waals surface area (Å²) in [5.74, 6) is 1.92. The molecule has 2 aromatic carbocycles. The zero-order chi connectivity index (χ0) is 33.6. The van der Waals surface area contributed by atoms with E-state index in [9.17, 15) is 14.0 Å². The van der Waals surface area contributed by atoms with E-state index < -0.39 is 17.3 Å². The monoisotopic (exact) mass is 660 g/mol. The number of rotatable bonds is 14. The zero-order valence-electron chi connectivity index (χ0n) is 27.4. The summed E-state index contributed by atoms with van der Waals surface area (Å²) in [6.07, 6.45) is 14.0. The Labute approximate surface area is 280 Å². The van der Waals surface area contributed by atoms with Crippen molar-refractivity contribution in [3.63, 3.8) is 0 Å². The van der Waals surface area contributed by atoms with Crippen LogP contribution < -0.4 is 20.9 Å². The molecule has 0 fully saturated rings. The van der Waals surface area contributed by atoms with Crippen molar-refractivity contribution < 1.29 is 19.0 Å². The Bertz CT molecular complexity index is 1640. The number of benzene rings is 2. The van der Waals surface area contributed by atoms with E-state index in [1.54, 1.807) is 11.8 Å². The van der Waals surface area contributed by atoms with E-state index in [0.29, 0.717) is 5.69 Å². The van der Waals surface area contributed by atoms with Gasteiger partial charge in [0.05, 0.1) is 4.90 Å². The quantitative estimate of drug-likeness (QED) is 0.115. The van der Waals surface area contributed by atoms with E-state index >= 15 is 0 Å². The van der Waals surface area contributed by atoms with Crippen molar-refractivity contribution in [2.24, 2.45) is 0 Å². The number of ether oxygens (including phenoxy) is 1. The Balaban J connectivity index is 0.000000248. The molecular formula is C37H45FN4O4S. The van der Waals surface area contributed by atoms with E-state index in [-0.39, 0.29) is 11.1 Å². The van der Waals surface area contributed by atoms with Crippen molar-refractivity contribution in [3.8, 4) is 17.2 Å². The minimum absolute atomic E-state index is 0.0473. The summed E-state index contributed by atoms with van der Waals surface area (Å²) in [5.41, 5.74) is 0.647. The van der Waals surface area contributed by atoms with Gasteiger partial charge in [0, 0.05) is 47.7 Å². The molecule has 0 spiro atoms. The Kier molecular flexibility index (Phi) is 13.3. The summed E-state index contributed by atoms with van der Waals surface area (Å²) in [6.45, 7) is 7.69. The third-order valence-corrected chi connectivity index (χ3v) is 9.18. The predicted octanol–water partition coefficient (Wildman–Crippen LogP) is 9.40. The first-order chi connectivity index (χ1) is 22.7. The molecule has 0 saturated heterocycles. The van der Waals surface area contributed by atoms with Gasteiger partial charge in [0.1, 0.15) is 28.7 Å². The number of aromatic carboxylic acids is 1. The number of hydrogen-bond donors (Lipinski definition) is 3. The summed E-state index contributed by atoms with van der Waals surface area (Å²) in [4.78, 5) is 28.1. The number of unbranched alkanes of at least 4 members (excludes halogenated alkanes) is 7. The number of nitrogens with one attached hydrogen (secondary N) is 2. The first-order valence-electron chi connectivity index (χ1n) is 16.3. The largest absolute Gasteiger partial charge is 0.477 e. The number of nitrogens with zero attached hydrogens (tertiary/aromatic N) is 2. The molecule has 5 rings (SSSR count). The van der Waals surface area contributed by atoms with Crippen molar-refractivity contribution in [3.05, 3.63) is 101 Å². The van der Waals surface area contributed by atoms with Crippen LogP contribution in [0.2, 0.25) is 0 Å². The molecule has 0 aliphatic carbocycles. The van der Waals surface area contributed by atoms with Crippen molar-refractivity contribution in [1.29, 1.82) is 0 Å². The highest BCUT2D eigenvalue weighted by atomic mass is 32.2. The third-order valence-electron chi connectivity index (χ3n) is 7.63. The predicted molar refractivity (Wildman–Crippen MR) is 189 cm³/mol. The van der Waals surface area contributed by atoms with Gasteiger partial charge in [0.2, 0.25) is 0 Å². The Morgan fingerprint density at radius 1 is 1.00 bits per heavy atom. The highest BCUT2D eigenvalue weighted by molar-refractivity contribution is 7.99. The van der Waals surface area contributed by atoms with Gasteiger partial charge in [0.15, 0.2) is 0 Å². The van der Waals surface area contributed by atoms with Crippen LogP contribution in [-0.2, 0) is 0 Å². The maximum atomic E-state index is 12.7. The number of carboxylic acids is 1. The second kappa shape index (κ2) is 17.6. The van der Waals surface area contributed by atoms with Crippen LogP contribution in [0.1, 0.15) is 82.5 Å². The topological polar surface area (TPSA) is 105 Å². The third kappa shape index (κ3) is 10.9. The number of anilines is 2. The van der Waals surface area contributed by atoms with Crippen LogP contribution in [0.25, 0.3) is 5.69 Å². The SMILES string of the molecule is CCCCCCCCCCNc1ccc(Oc2ccnc3c2SCC(C)(C)N3)cc1.O=C(O)c1cccn(-c2ccc(F)cc2)c1=O. The highest BCUT2D eigenvalue weighted by Gasteiger charge is 2.28. The number of carboxylic acid groups (broad SMARTS) is 1. The lowest BCUT2D eigenvalue weighted by Crippen LogP contribution is -2.36. The van der Waals surface area contributed by atoms with Gasteiger partial charge in [-0.15, -0.1) is 11.8 Å². The van der Waals surface area contributed by atoms with Crippen LogP contribution >= 0.6 is 11.8 Å². The average molecular weight is 661 g/mol. The maximum absolute atomic E-state index is 12.7. The molecule has 0 saturated carbocycles. The first-order valence-corrected chi connectivity index (χ1v) is 17.3. The number of aromatic nitrogens is 2. The molecule has 1 aliphatic heterocycles. The summed E-state index contributed by atoms with van der Waals surface area (Å²) < 4.78 is 20.1. The van der Waals surface area contributed by atoms with Gasteiger partial charge in [-0.25, -0.2) is 14.2 Å². The molecule has 4 aromatic rings. The van der Waals surface area contributed by atoms with E-state index in [1.165, 1.54) is 94.0 Å². The second-order valence-corrected chi connectivity index (χ2v) is 13.2. The number of hydrogen-bond acceptors (Lipinski definition) is 7. The molecule has 250 valence electrons. The molecule has 47 heavy (non-hydrogen) atoms. The van der Waals surface area contributed by atoms with Crippen molar-refractivity contribution in [1.82, 2.24) is 9.55 Å². The molecule has 1 aliphatic rings. The van der Waals surface area contributed by atoms with Crippen LogP contribution in [0.5, 0.6) is 11.5 Å². The van der Waals surface area contributed by atoms with Crippen LogP contribution in [-0.4, -0.2) is 38.5 Å². The zero-order valence-corrected chi connectivity index (χ0v) is 28.2. The van der Waals surface area contributed by atoms with E-state index in [1.807, 2.05) is 24.4 Å². The molecular weight excluding hydrogens is 615 g/mol. The Hall–Kier alpha value is -4.31. The second-order valence-electron chi connectivity index (χ2n) is 12.2. The molecule has 0 bridgehead atoms. The summed E-state index contributed by atoms with van der Waals surface area (Å²) in [5, 5.41) is 15.8. The smallest absolute Gasteiger partial charge is 0.341 e. The average Bonchev–Trinajstić information content (AvgIpc) is 3.05. The lowest BCUT2D eigenvalue weighted by molar-refractivity contribution is 0.0694. The van der Waals surface area contributed by atoms with E-state index in [2.05, 4.69) is 48.5 Å². The van der Waals surface area contributed by atoms with Crippen LogP contribution in [0, 0.1) is 5.82 Å². The number of fused-ring (bicyclic) bond motifs is 1. The summed E-state index contributed by atoms with van der Waals surface area (Å²) in [7, 11) is 0. The van der Waals surface area contributed by atoms with E-state index in [0.717, 1.165) is 44.8 Å². The van der Waals surface area contributed by atoms with Crippen LogP contribution in [0.3, 0.4) is 0 Å². The lowest BCUT2D eigenvalue weighted by atomic mass is 10.1. The molecule has 2 aromatic heterocycles. The molecule has 3 heterocycles. The first kappa shape index (κ1) is 35.5. The molecule has 10 heteroatoms. The lowest BCUT2D eigenvalue weighted by Gasteiger charge is -2.32. The maximum Gasteiger partial charge on any atom is 0.341 e. The fourth-order valence-electron chi connectivity index (χ4n) is 5.07. The number of carbonyl (C=O) groups is 1. The van der Waals surface area contributed by atoms with Gasteiger partial charge >= 0.3 is 5.97 Å². The van der Waals surface area contributed by atoms with E-state index in [4.69, 9.17) is 9.84 Å². The van der Waals surface area contributed by atoms with Gasteiger partial charge < -0.3 is 20.5 Å². The molecule has 3 N–H and O–H groups in total. The van der Waals surface area contributed by atoms with Gasteiger partial charge in [0.25, 0.3) is 5.56 Å². The number of thioether (sulfide) groups is 1. The standard InChI is InChI=1S/C25H37N3OS.C12H8FNO3/c1-4-5-6-7-8-9-10-11-17-26-20-12-14-21(15-13-20)29-22-16-18-27-24-23(22)30-19-25(2,3)28-24;13-8-3-5-9(6-4-8)14-7-1-2-10(11(14)15)12(16)17/h12-16,18,26H,4-11,17,19H2,1-3H3,(H,27,28);1-7H,(H,16,17). The summed E-state index contributed by atoms with van der Waals surface area (Å²) in [6, 6.07) is 18.1.